The molecule has 2 N–H and O–H groups in total. The van der Waals surface area contributed by atoms with Crippen molar-refractivity contribution in [2.45, 2.75) is 6.92 Å². The molecule has 8 heteroatoms. The average molecular weight is 365 g/mol. The minimum Gasteiger partial charge on any atom is -0.340 e. The highest BCUT2D eigenvalue weighted by atomic mass is 19.2. The number of anilines is 3. The third kappa shape index (κ3) is 4.22. The van der Waals surface area contributed by atoms with E-state index in [-0.39, 0.29) is 17.2 Å². The van der Waals surface area contributed by atoms with Crippen molar-refractivity contribution >= 4 is 23.1 Å². The Balaban J connectivity index is 1.85. The molecule has 0 aliphatic heterocycles. The first-order valence-electron chi connectivity index (χ1n) is 7.84. The first-order chi connectivity index (χ1) is 13.0. The van der Waals surface area contributed by atoms with Crippen LogP contribution in [0.5, 0.6) is 0 Å². The molecule has 0 fully saturated rings. The Morgan fingerprint density at radius 2 is 1.85 bits per heavy atom. The zero-order valence-electron chi connectivity index (χ0n) is 14.1. The summed E-state index contributed by atoms with van der Waals surface area (Å²) in [6.07, 6.45) is 0. The Hall–Kier alpha value is -3.86. The van der Waals surface area contributed by atoms with Gasteiger partial charge in [0.25, 0.3) is 5.91 Å². The van der Waals surface area contributed by atoms with Crippen molar-refractivity contribution in [1.82, 2.24) is 9.97 Å². The second kappa shape index (κ2) is 7.58. The molecule has 0 saturated heterocycles. The minimum atomic E-state index is -1.00. The molecular weight excluding hydrogens is 352 g/mol. The van der Waals surface area contributed by atoms with Crippen LogP contribution in [0.4, 0.5) is 26.0 Å². The SMILES string of the molecule is Cc1nc(Nc2ccc(F)c(F)c2)cc(C(=O)Nc2ccccc2C#N)n1. The highest BCUT2D eigenvalue weighted by molar-refractivity contribution is 6.04. The van der Waals surface area contributed by atoms with Gasteiger partial charge in [0.2, 0.25) is 0 Å². The largest absolute Gasteiger partial charge is 0.340 e. The predicted octanol–water partition coefficient (Wildman–Crippen LogP) is 3.93. The number of para-hydroxylation sites is 1. The zero-order valence-corrected chi connectivity index (χ0v) is 14.1. The van der Waals surface area contributed by atoms with Crippen molar-refractivity contribution in [1.29, 1.82) is 5.26 Å². The molecule has 3 aromatic rings. The van der Waals surface area contributed by atoms with E-state index in [1.165, 1.54) is 12.1 Å². The Bertz CT molecular complexity index is 1060. The molecule has 1 heterocycles. The van der Waals surface area contributed by atoms with Gasteiger partial charge in [0.1, 0.15) is 23.4 Å². The zero-order chi connectivity index (χ0) is 19.4. The van der Waals surface area contributed by atoms with Gasteiger partial charge in [-0.05, 0) is 31.2 Å². The third-order valence-corrected chi connectivity index (χ3v) is 3.56. The average Bonchev–Trinajstić information content (AvgIpc) is 2.64. The monoisotopic (exact) mass is 365 g/mol. The number of nitrogens with zero attached hydrogens (tertiary/aromatic N) is 3. The van der Waals surface area contributed by atoms with Gasteiger partial charge in [0.15, 0.2) is 11.6 Å². The van der Waals surface area contributed by atoms with E-state index in [4.69, 9.17) is 5.26 Å². The van der Waals surface area contributed by atoms with Gasteiger partial charge in [-0.3, -0.25) is 4.79 Å². The number of carbonyl (C=O) groups excluding carboxylic acids is 1. The number of rotatable bonds is 4. The van der Waals surface area contributed by atoms with Gasteiger partial charge in [0.05, 0.1) is 11.3 Å². The molecule has 0 aliphatic rings. The second-order valence-corrected chi connectivity index (χ2v) is 5.55. The Morgan fingerprint density at radius 3 is 2.59 bits per heavy atom. The van der Waals surface area contributed by atoms with Gasteiger partial charge >= 0.3 is 0 Å². The first kappa shape index (κ1) is 17.9. The predicted molar refractivity (Wildman–Crippen MR) is 95.5 cm³/mol. The molecule has 0 spiro atoms. The lowest BCUT2D eigenvalue weighted by Gasteiger charge is -2.10. The van der Waals surface area contributed by atoms with Crippen LogP contribution in [-0.2, 0) is 0 Å². The molecule has 27 heavy (non-hydrogen) atoms. The third-order valence-electron chi connectivity index (χ3n) is 3.56. The standard InChI is InChI=1S/C19H13F2N5O/c1-11-23-17(19(27)26-16-5-3-2-4-12(16)10-22)9-18(24-11)25-13-6-7-14(20)15(21)8-13/h2-9H,1H3,(H,26,27)(H,23,24,25). The molecule has 0 saturated carbocycles. The van der Waals surface area contributed by atoms with E-state index < -0.39 is 17.5 Å². The van der Waals surface area contributed by atoms with Gasteiger partial charge in [-0.2, -0.15) is 5.26 Å². The number of carbonyl (C=O) groups is 1. The molecular formula is C19H13F2N5O. The minimum absolute atomic E-state index is 0.0559. The summed E-state index contributed by atoms with van der Waals surface area (Å²) < 4.78 is 26.4. The fourth-order valence-electron chi connectivity index (χ4n) is 2.35. The van der Waals surface area contributed by atoms with E-state index in [0.717, 1.165) is 12.1 Å². The van der Waals surface area contributed by atoms with E-state index >= 15 is 0 Å². The van der Waals surface area contributed by atoms with Crippen LogP contribution in [0, 0.1) is 29.9 Å². The Morgan fingerprint density at radius 1 is 1.07 bits per heavy atom. The molecule has 134 valence electrons. The maximum Gasteiger partial charge on any atom is 0.274 e. The lowest BCUT2D eigenvalue weighted by Crippen LogP contribution is -2.16. The van der Waals surface area contributed by atoms with Crippen LogP contribution in [0.1, 0.15) is 21.9 Å². The van der Waals surface area contributed by atoms with Crippen LogP contribution in [0.2, 0.25) is 0 Å². The molecule has 1 aromatic heterocycles. The van der Waals surface area contributed by atoms with Crippen LogP contribution >= 0.6 is 0 Å². The summed E-state index contributed by atoms with van der Waals surface area (Å²) in [5, 5.41) is 14.5. The maximum atomic E-state index is 13.3. The van der Waals surface area contributed by atoms with Crippen molar-refractivity contribution < 1.29 is 13.6 Å². The van der Waals surface area contributed by atoms with Gasteiger partial charge in [-0.15, -0.1) is 0 Å². The molecule has 2 aromatic carbocycles. The van der Waals surface area contributed by atoms with E-state index in [0.29, 0.717) is 17.1 Å². The number of hydrogen-bond donors (Lipinski definition) is 2. The number of halogens is 2. The molecule has 0 unspecified atom stereocenters. The topological polar surface area (TPSA) is 90.7 Å². The van der Waals surface area contributed by atoms with Crippen LogP contribution in [0.15, 0.2) is 48.5 Å². The summed E-state index contributed by atoms with van der Waals surface area (Å²) in [5.41, 5.74) is 1.00. The fourth-order valence-corrected chi connectivity index (χ4v) is 2.35. The number of aryl methyl sites for hydroxylation is 1. The maximum absolute atomic E-state index is 13.3. The van der Waals surface area contributed by atoms with E-state index in [9.17, 15) is 13.6 Å². The molecule has 1 amide bonds. The van der Waals surface area contributed by atoms with Gasteiger partial charge in [-0.1, -0.05) is 12.1 Å². The van der Waals surface area contributed by atoms with Gasteiger partial charge < -0.3 is 10.6 Å². The van der Waals surface area contributed by atoms with E-state index in [1.54, 1.807) is 31.2 Å². The van der Waals surface area contributed by atoms with E-state index in [1.807, 2.05) is 6.07 Å². The summed E-state index contributed by atoms with van der Waals surface area (Å²) in [7, 11) is 0. The Kier molecular flexibility index (Phi) is 5.04. The molecule has 0 atom stereocenters. The van der Waals surface area contributed by atoms with Crippen LogP contribution in [0.25, 0.3) is 0 Å². The highest BCUT2D eigenvalue weighted by Gasteiger charge is 2.13. The number of aromatic nitrogens is 2. The second-order valence-electron chi connectivity index (χ2n) is 5.55. The molecule has 6 nitrogen and oxygen atoms in total. The molecule has 0 aliphatic carbocycles. The van der Waals surface area contributed by atoms with Gasteiger partial charge in [0, 0.05) is 17.8 Å². The lowest BCUT2D eigenvalue weighted by atomic mass is 10.2. The fraction of sp³-hybridized carbons (Fsp3) is 0.0526. The number of hydrogen-bond acceptors (Lipinski definition) is 5. The summed E-state index contributed by atoms with van der Waals surface area (Å²) in [6, 6.07) is 13.2. The number of nitriles is 1. The quantitative estimate of drug-likeness (QED) is 0.731. The first-order valence-corrected chi connectivity index (χ1v) is 7.84. The summed E-state index contributed by atoms with van der Waals surface area (Å²) >= 11 is 0. The molecule has 0 bridgehead atoms. The smallest absolute Gasteiger partial charge is 0.274 e. The summed E-state index contributed by atoms with van der Waals surface area (Å²) in [5.74, 6) is -1.95. The van der Waals surface area contributed by atoms with Crippen LogP contribution < -0.4 is 10.6 Å². The lowest BCUT2D eigenvalue weighted by molar-refractivity contribution is 0.102. The van der Waals surface area contributed by atoms with Crippen molar-refractivity contribution in [3.05, 3.63) is 77.2 Å². The van der Waals surface area contributed by atoms with Crippen molar-refractivity contribution in [3.8, 4) is 6.07 Å². The normalized spacial score (nSPS) is 10.1. The van der Waals surface area contributed by atoms with Crippen molar-refractivity contribution in [2.75, 3.05) is 10.6 Å². The molecule has 0 radical (unpaired) electrons. The Labute approximate surface area is 153 Å². The highest BCUT2D eigenvalue weighted by Crippen LogP contribution is 2.19. The van der Waals surface area contributed by atoms with Crippen molar-refractivity contribution in [2.24, 2.45) is 0 Å². The van der Waals surface area contributed by atoms with Crippen molar-refractivity contribution in [3.63, 3.8) is 0 Å². The number of nitrogens with one attached hydrogen (secondary N) is 2. The number of benzene rings is 2. The van der Waals surface area contributed by atoms with Crippen LogP contribution in [-0.4, -0.2) is 15.9 Å². The van der Waals surface area contributed by atoms with Crippen LogP contribution in [0.3, 0.4) is 0 Å². The summed E-state index contributed by atoms with van der Waals surface area (Å²) in [4.78, 5) is 20.7. The van der Waals surface area contributed by atoms with Gasteiger partial charge in [-0.25, -0.2) is 18.7 Å². The van der Waals surface area contributed by atoms with E-state index in [2.05, 4.69) is 20.6 Å². The molecule has 3 rings (SSSR count). The number of amides is 1. The summed E-state index contributed by atoms with van der Waals surface area (Å²) in [6.45, 7) is 1.59.